The van der Waals surface area contributed by atoms with Crippen LogP contribution in [0.2, 0.25) is 0 Å². The van der Waals surface area contributed by atoms with Gasteiger partial charge in [0.05, 0.1) is 0 Å². The fourth-order valence-electron chi connectivity index (χ4n) is 3.02. The zero-order valence-electron chi connectivity index (χ0n) is 8.91. The molecule has 3 heteroatoms. The second-order valence-electron chi connectivity index (χ2n) is 4.78. The Kier molecular flexibility index (Phi) is 2.23. The minimum atomic E-state index is 0.766. The normalized spacial score (nSPS) is 28.8. The lowest BCUT2D eigenvalue weighted by molar-refractivity contribution is 0.549. The summed E-state index contributed by atoms with van der Waals surface area (Å²) in [6.07, 6.45) is 6.09. The number of pyridine rings is 1. The Hall–Kier alpha value is -0.570. The van der Waals surface area contributed by atoms with Crippen molar-refractivity contribution in [1.82, 2.24) is 4.98 Å². The van der Waals surface area contributed by atoms with Crippen LogP contribution in [0.5, 0.6) is 0 Å². The molecule has 0 spiro atoms. The highest BCUT2D eigenvalue weighted by atomic mass is 79.9. The minimum Gasteiger partial charge on any atom is -0.353 e. The van der Waals surface area contributed by atoms with Gasteiger partial charge in [0.2, 0.25) is 0 Å². The van der Waals surface area contributed by atoms with Gasteiger partial charge in [-0.25, -0.2) is 4.98 Å². The first-order valence-corrected chi connectivity index (χ1v) is 6.42. The number of aryl methyl sites for hydroxylation is 1. The van der Waals surface area contributed by atoms with Gasteiger partial charge in [0.1, 0.15) is 5.82 Å². The van der Waals surface area contributed by atoms with Gasteiger partial charge in [-0.2, -0.15) is 0 Å². The molecule has 1 aromatic heterocycles. The van der Waals surface area contributed by atoms with Crippen LogP contribution in [0.3, 0.4) is 0 Å². The maximum Gasteiger partial charge on any atom is 0.131 e. The topological polar surface area (TPSA) is 16.1 Å². The number of aromatic nitrogens is 1. The number of fused-ring (bicyclic) bond motifs is 2. The maximum atomic E-state index is 4.56. The molecular weight excluding hydrogens is 252 g/mol. The molecule has 0 aromatic carbocycles. The summed E-state index contributed by atoms with van der Waals surface area (Å²) in [6.45, 7) is 3.37. The van der Waals surface area contributed by atoms with Gasteiger partial charge in [0, 0.05) is 23.3 Å². The van der Waals surface area contributed by atoms with Gasteiger partial charge < -0.3 is 4.90 Å². The fraction of sp³-hybridized carbons (Fsp3) is 0.583. The van der Waals surface area contributed by atoms with Crippen molar-refractivity contribution in [1.29, 1.82) is 0 Å². The summed E-state index contributed by atoms with van der Waals surface area (Å²) in [7, 11) is 0. The van der Waals surface area contributed by atoms with E-state index in [0.29, 0.717) is 0 Å². The van der Waals surface area contributed by atoms with Gasteiger partial charge in [0.15, 0.2) is 0 Å². The van der Waals surface area contributed by atoms with E-state index in [9.17, 15) is 0 Å². The van der Waals surface area contributed by atoms with Crippen molar-refractivity contribution in [3.8, 4) is 0 Å². The second-order valence-corrected chi connectivity index (χ2v) is 5.69. The van der Waals surface area contributed by atoms with Gasteiger partial charge in [-0.05, 0) is 59.7 Å². The molecule has 0 radical (unpaired) electrons. The van der Waals surface area contributed by atoms with Gasteiger partial charge in [-0.1, -0.05) is 0 Å². The first kappa shape index (κ1) is 9.64. The summed E-state index contributed by atoms with van der Waals surface area (Å²) in [6, 6.07) is 2.93. The molecule has 1 aliphatic carbocycles. The summed E-state index contributed by atoms with van der Waals surface area (Å²) < 4.78 is 1.08. The Labute approximate surface area is 98.8 Å². The lowest BCUT2D eigenvalue weighted by Gasteiger charge is -2.29. The Bertz CT molecular complexity index is 391. The molecule has 2 atom stereocenters. The standard InChI is InChI=1S/C12H15BrN2/c1-8-4-10(13)6-14-12(8)15-7-9-2-3-11(15)5-9/h4,6,9,11H,2-3,5,7H2,1H3. The van der Waals surface area contributed by atoms with Crippen molar-refractivity contribution in [2.75, 3.05) is 11.4 Å². The summed E-state index contributed by atoms with van der Waals surface area (Å²) >= 11 is 3.46. The third-order valence-electron chi connectivity index (χ3n) is 3.70. The van der Waals surface area contributed by atoms with Crippen LogP contribution in [0.15, 0.2) is 16.7 Å². The van der Waals surface area contributed by atoms with Gasteiger partial charge >= 0.3 is 0 Å². The van der Waals surface area contributed by atoms with E-state index in [2.05, 4.69) is 38.8 Å². The molecule has 1 aromatic rings. The van der Waals surface area contributed by atoms with Crippen LogP contribution < -0.4 is 4.90 Å². The van der Waals surface area contributed by atoms with Crippen LogP contribution in [0.4, 0.5) is 5.82 Å². The van der Waals surface area contributed by atoms with E-state index in [1.807, 2.05) is 6.20 Å². The predicted molar refractivity (Wildman–Crippen MR) is 65.1 cm³/mol. The van der Waals surface area contributed by atoms with Crippen LogP contribution in [-0.2, 0) is 0 Å². The van der Waals surface area contributed by atoms with Crippen molar-refractivity contribution >= 4 is 21.7 Å². The van der Waals surface area contributed by atoms with E-state index < -0.39 is 0 Å². The fourth-order valence-corrected chi connectivity index (χ4v) is 3.46. The molecule has 3 rings (SSSR count). The smallest absolute Gasteiger partial charge is 0.131 e. The van der Waals surface area contributed by atoms with E-state index >= 15 is 0 Å². The molecule has 1 saturated carbocycles. The number of anilines is 1. The molecule has 2 heterocycles. The number of hydrogen-bond acceptors (Lipinski definition) is 2. The van der Waals surface area contributed by atoms with Crippen LogP contribution in [0.25, 0.3) is 0 Å². The third-order valence-corrected chi connectivity index (χ3v) is 4.13. The largest absolute Gasteiger partial charge is 0.353 e. The van der Waals surface area contributed by atoms with E-state index in [-0.39, 0.29) is 0 Å². The minimum absolute atomic E-state index is 0.766. The van der Waals surface area contributed by atoms with Crippen LogP contribution >= 0.6 is 15.9 Å². The molecule has 1 saturated heterocycles. The van der Waals surface area contributed by atoms with E-state index in [1.54, 1.807) is 0 Å². The van der Waals surface area contributed by atoms with Crippen molar-refractivity contribution in [2.24, 2.45) is 5.92 Å². The first-order chi connectivity index (χ1) is 7.24. The zero-order valence-corrected chi connectivity index (χ0v) is 10.5. The average Bonchev–Trinajstić information content (AvgIpc) is 2.78. The maximum absolute atomic E-state index is 4.56. The van der Waals surface area contributed by atoms with Crippen LogP contribution in [-0.4, -0.2) is 17.6 Å². The first-order valence-electron chi connectivity index (χ1n) is 5.63. The Morgan fingerprint density at radius 1 is 1.47 bits per heavy atom. The highest BCUT2D eigenvalue weighted by molar-refractivity contribution is 9.10. The number of hydrogen-bond donors (Lipinski definition) is 0. The Morgan fingerprint density at radius 2 is 2.33 bits per heavy atom. The monoisotopic (exact) mass is 266 g/mol. The average molecular weight is 267 g/mol. The molecule has 2 unspecified atom stereocenters. The van der Waals surface area contributed by atoms with Gasteiger partial charge in [-0.3, -0.25) is 0 Å². The van der Waals surface area contributed by atoms with E-state index in [1.165, 1.54) is 37.2 Å². The molecule has 2 bridgehead atoms. The van der Waals surface area contributed by atoms with Crippen molar-refractivity contribution in [3.63, 3.8) is 0 Å². The molecule has 1 aliphatic heterocycles. The number of rotatable bonds is 1. The molecule has 0 N–H and O–H groups in total. The molecule has 0 amide bonds. The Balaban J connectivity index is 1.93. The number of halogens is 1. The SMILES string of the molecule is Cc1cc(Br)cnc1N1CC2CCC1C2. The summed E-state index contributed by atoms with van der Waals surface area (Å²) in [5.41, 5.74) is 1.29. The van der Waals surface area contributed by atoms with Gasteiger partial charge in [-0.15, -0.1) is 0 Å². The van der Waals surface area contributed by atoms with Crippen LogP contribution in [0.1, 0.15) is 24.8 Å². The lowest BCUT2D eigenvalue weighted by atomic mass is 10.1. The molecule has 80 valence electrons. The summed E-state index contributed by atoms with van der Waals surface area (Å²) in [4.78, 5) is 7.07. The molecule has 2 fully saturated rings. The lowest BCUT2D eigenvalue weighted by Crippen LogP contribution is -2.33. The van der Waals surface area contributed by atoms with E-state index in [4.69, 9.17) is 0 Å². The zero-order chi connectivity index (χ0) is 10.4. The summed E-state index contributed by atoms with van der Waals surface area (Å²) in [5, 5.41) is 0. The van der Waals surface area contributed by atoms with Crippen molar-refractivity contribution < 1.29 is 0 Å². The number of piperidine rings is 1. The van der Waals surface area contributed by atoms with Gasteiger partial charge in [0.25, 0.3) is 0 Å². The highest BCUT2D eigenvalue weighted by Crippen LogP contribution is 2.40. The Morgan fingerprint density at radius 3 is 2.93 bits per heavy atom. The van der Waals surface area contributed by atoms with Crippen molar-refractivity contribution in [2.45, 2.75) is 32.2 Å². The number of nitrogens with zero attached hydrogens (tertiary/aromatic N) is 2. The molecule has 2 nitrogen and oxygen atoms in total. The third kappa shape index (κ3) is 1.57. The van der Waals surface area contributed by atoms with Crippen molar-refractivity contribution in [3.05, 3.63) is 22.3 Å². The molecule has 15 heavy (non-hydrogen) atoms. The quantitative estimate of drug-likeness (QED) is 0.777. The second kappa shape index (κ2) is 3.48. The van der Waals surface area contributed by atoms with Crippen LogP contribution in [0, 0.1) is 12.8 Å². The highest BCUT2D eigenvalue weighted by Gasteiger charge is 2.38. The molecular formula is C12H15BrN2. The predicted octanol–water partition coefficient (Wildman–Crippen LogP) is 3.14. The summed E-state index contributed by atoms with van der Waals surface area (Å²) in [5.74, 6) is 2.13. The molecule has 2 aliphatic rings. The van der Waals surface area contributed by atoms with E-state index in [0.717, 1.165) is 16.4 Å².